The minimum Gasteiger partial charge on any atom is -0.481 e. The van der Waals surface area contributed by atoms with E-state index in [1.807, 2.05) is 19.6 Å². The first kappa shape index (κ1) is 20.4. The topological polar surface area (TPSA) is 149 Å². The molecule has 1 unspecified atom stereocenters. The summed E-state index contributed by atoms with van der Waals surface area (Å²) in [4.78, 5) is 40.3. The van der Waals surface area contributed by atoms with Crippen LogP contribution in [0.5, 0.6) is 0 Å². The maximum Gasteiger partial charge on any atom is 0.304 e. The molecule has 0 aromatic heterocycles. The molecule has 0 saturated heterocycles. The fourth-order valence-corrected chi connectivity index (χ4v) is 2.68. The van der Waals surface area contributed by atoms with Crippen LogP contribution in [0.3, 0.4) is 0 Å². The molecule has 0 radical (unpaired) electrons. The van der Waals surface area contributed by atoms with E-state index in [-0.39, 0.29) is 19.3 Å². The van der Waals surface area contributed by atoms with Gasteiger partial charge in [0.1, 0.15) is 0 Å². The highest BCUT2D eigenvalue weighted by Crippen LogP contribution is 2.25. The van der Waals surface area contributed by atoms with Crippen molar-refractivity contribution in [1.29, 1.82) is 0 Å². The molecular weight excluding hydrogens is 288 g/mol. The fraction of sp³-hybridized carbons (Fsp3) is 0.636. The number of carboxylic acid groups (broad SMARTS) is 4. The van der Waals surface area contributed by atoms with Crippen molar-refractivity contribution in [3.63, 3.8) is 0 Å². The van der Waals surface area contributed by atoms with E-state index in [4.69, 9.17) is 20.4 Å². The molecule has 0 bridgehead atoms. The largest absolute Gasteiger partial charge is 0.481 e. The maximum absolute atomic E-state index is 10.7. The molecule has 0 aromatic carbocycles. The van der Waals surface area contributed by atoms with Gasteiger partial charge in [0.2, 0.25) is 0 Å². The maximum atomic E-state index is 10.7. The van der Waals surface area contributed by atoms with E-state index in [0.717, 1.165) is 0 Å². The molecule has 0 aromatic rings. The molecule has 1 atom stereocenters. The Morgan fingerprint density at radius 1 is 0.800 bits per heavy atom. The van der Waals surface area contributed by atoms with E-state index in [0.29, 0.717) is 0 Å². The summed E-state index contributed by atoms with van der Waals surface area (Å²) in [6, 6.07) is 0. The Balaban J connectivity index is 0. The lowest BCUT2D eigenvalue weighted by Crippen LogP contribution is -2.35. The molecule has 116 valence electrons. The predicted octanol–water partition coefficient (Wildman–Crippen LogP) is 1.19. The Morgan fingerprint density at radius 2 is 1.15 bits per heavy atom. The van der Waals surface area contributed by atoms with Crippen molar-refractivity contribution in [3.05, 3.63) is 0 Å². The Labute approximate surface area is 117 Å². The van der Waals surface area contributed by atoms with Crippen molar-refractivity contribution in [2.75, 3.05) is 0 Å². The van der Waals surface area contributed by atoms with Gasteiger partial charge in [-0.15, -0.1) is 0 Å². The number of rotatable bonds is 7. The highest BCUT2D eigenvalue weighted by molar-refractivity contribution is 6.80. The predicted molar refractivity (Wildman–Crippen MR) is 71.5 cm³/mol. The first-order valence-corrected chi connectivity index (χ1v) is 9.33. The molecule has 0 heterocycles. The van der Waals surface area contributed by atoms with Gasteiger partial charge in [-0.1, -0.05) is 19.6 Å². The summed E-state index contributed by atoms with van der Waals surface area (Å²) in [6.07, 6.45) is -0.851. The molecule has 0 aliphatic carbocycles. The van der Waals surface area contributed by atoms with E-state index < -0.39 is 37.5 Å². The van der Waals surface area contributed by atoms with Crippen LogP contribution in [0.25, 0.3) is 0 Å². The molecule has 9 heteroatoms. The molecule has 0 amide bonds. The Morgan fingerprint density at radius 3 is 1.25 bits per heavy atom. The van der Waals surface area contributed by atoms with Crippen LogP contribution in [0.1, 0.15) is 19.3 Å². The van der Waals surface area contributed by atoms with Crippen molar-refractivity contribution in [3.8, 4) is 0 Å². The number of aliphatic carboxylic acids is 4. The molecule has 0 saturated carbocycles. The minimum absolute atomic E-state index is 0.259. The standard InChI is InChI=1S/C7H14O4Si.C4H6O4/c1-12(2,3)5(7(10)11)4-6(8)9;5-3(6)1-2-4(7)8/h5H,4H2,1-3H3,(H,8,9)(H,10,11);1-2H2,(H,5,6)(H,7,8). The second-order valence-corrected chi connectivity index (χ2v) is 10.6. The summed E-state index contributed by atoms with van der Waals surface area (Å²) in [5, 5.41) is 33.0. The lowest BCUT2D eigenvalue weighted by atomic mass is 10.3. The third kappa shape index (κ3) is 12.6. The highest BCUT2D eigenvalue weighted by Gasteiger charge is 2.34. The quantitative estimate of drug-likeness (QED) is 0.512. The Bertz CT molecular complexity index is 357. The molecule has 0 fully saturated rings. The molecule has 20 heavy (non-hydrogen) atoms. The zero-order valence-electron chi connectivity index (χ0n) is 11.6. The van der Waals surface area contributed by atoms with E-state index in [9.17, 15) is 19.2 Å². The van der Waals surface area contributed by atoms with Gasteiger partial charge in [-0.05, 0) is 0 Å². The van der Waals surface area contributed by atoms with E-state index in [2.05, 4.69) is 0 Å². The summed E-state index contributed by atoms with van der Waals surface area (Å²) < 4.78 is 0. The van der Waals surface area contributed by atoms with Gasteiger partial charge in [0.25, 0.3) is 0 Å². The summed E-state index contributed by atoms with van der Waals surface area (Å²) in [5.41, 5.74) is -0.685. The average Bonchev–Trinajstić information content (AvgIpc) is 2.22. The SMILES string of the molecule is C[Si](C)(C)C(CC(=O)O)C(=O)O.O=C(O)CCC(=O)O. The highest BCUT2D eigenvalue weighted by atomic mass is 28.3. The number of carboxylic acids is 4. The summed E-state index contributed by atoms with van der Waals surface area (Å²) >= 11 is 0. The van der Waals surface area contributed by atoms with Gasteiger partial charge in [-0.2, -0.15) is 0 Å². The second kappa shape index (κ2) is 9.07. The second-order valence-electron chi connectivity index (χ2n) is 5.14. The molecule has 0 aliphatic heterocycles. The van der Waals surface area contributed by atoms with Crippen LogP contribution in [0.15, 0.2) is 0 Å². The van der Waals surface area contributed by atoms with Crippen LogP contribution in [-0.2, 0) is 19.2 Å². The van der Waals surface area contributed by atoms with Crippen molar-refractivity contribution >= 4 is 32.0 Å². The summed E-state index contributed by atoms with van der Waals surface area (Å²) in [5.74, 6) is -4.18. The van der Waals surface area contributed by atoms with Gasteiger partial charge in [-0.25, -0.2) is 0 Å². The monoisotopic (exact) mass is 308 g/mol. The molecule has 0 spiro atoms. The average molecular weight is 308 g/mol. The zero-order chi connectivity index (χ0) is 16.5. The van der Waals surface area contributed by atoms with Crippen LogP contribution in [0.4, 0.5) is 0 Å². The van der Waals surface area contributed by atoms with E-state index in [1.165, 1.54) is 0 Å². The van der Waals surface area contributed by atoms with Crippen molar-refractivity contribution in [2.24, 2.45) is 0 Å². The lowest BCUT2D eigenvalue weighted by Gasteiger charge is -2.23. The first-order chi connectivity index (χ1) is 8.87. The summed E-state index contributed by atoms with van der Waals surface area (Å²) in [7, 11) is -1.89. The van der Waals surface area contributed by atoms with Gasteiger partial charge < -0.3 is 20.4 Å². The number of hydrogen-bond donors (Lipinski definition) is 4. The van der Waals surface area contributed by atoms with Crippen molar-refractivity contribution in [2.45, 2.75) is 44.4 Å². The Hall–Kier alpha value is -1.90. The fourth-order valence-electron chi connectivity index (χ4n) is 1.15. The normalized spacial score (nSPS) is 11.8. The zero-order valence-corrected chi connectivity index (χ0v) is 12.6. The summed E-state index contributed by atoms with van der Waals surface area (Å²) in [6.45, 7) is 5.57. The molecular formula is C11H20O8Si. The molecule has 8 nitrogen and oxygen atoms in total. The lowest BCUT2D eigenvalue weighted by molar-refractivity contribution is -0.143. The third-order valence-corrected chi connectivity index (χ3v) is 4.82. The first-order valence-electron chi connectivity index (χ1n) is 5.76. The molecule has 0 rings (SSSR count). The van der Waals surface area contributed by atoms with Crippen LogP contribution in [0, 0.1) is 0 Å². The van der Waals surface area contributed by atoms with Gasteiger partial charge in [0, 0.05) is 0 Å². The van der Waals surface area contributed by atoms with E-state index >= 15 is 0 Å². The minimum atomic E-state index is -1.89. The van der Waals surface area contributed by atoms with Crippen LogP contribution in [0.2, 0.25) is 25.2 Å². The van der Waals surface area contributed by atoms with Crippen LogP contribution < -0.4 is 0 Å². The van der Waals surface area contributed by atoms with Crippen molar-refractivity contribution < 1.29 is 39.6 Å². The van der Waals surface area contributed by atoms with Crippen molar-refractivity contribution in [1.82, 2.24) is 0 Å². The van der Waals surface area contributed by atoms with Gasteiger partial charge in [0.05, 0.1) is 32.9 Å². The van der Waals surface area contributed by atoms with Crippen LogP contribution in [-0.4, -0.2) is 52.4 Å². The Kier molecular flexibility index (Phi) is 9.26. The van der Waals surface area contributed by atoms with Crippen LogP contribution >= 0.6 is 0 Å². The molecule has 4 N–H and O–H groups in total. The number of carbonyl (C=O) groups is 4. The van der Waals surface area contributed by atoms with E-state index in [1.54, 1.807) is 0 Å². The smallest absolute Gasteiger partial charge is 0.304 e. The number of hydrogen-bond acceptors (Lipinski definition) is 4. The van der Waals surface area contributed by atoms with Gasteiger partial charge in [-0.3, -0.25) is 19.2 Å². The molecule has 0 aliphatic rings. The van der Waals surface area contributed by atoms with Gasteiger partial charge in [0.15, 0.2) is 0 Å². The third-order valence-electron chi connectivity index (χ3n) is 2.27. The van der Waals surface area contributed by atoms with Gasteiger partial charge >= 0.3 is 23.9 Å².